The van der Waals surface area contributed by atoms with E-state index < -0.39 is 17.4 Å². The summed E-state index contributed by atoms with van der Waals surface area (Å²) in [4.78, 5) is 23.4. The summed E-state index contributed by atoms with van der Waals surface area (Å²) in [6, 6.07) is 8.11. The zero-order chi connectivity index (χ0) is 25.5. The van der Waals surface area contributed by atoms with Crippen LogP contribution in [0, 0.1) is 11.3 Å². The Kier molecular flexibility index (Phi) is 8.59. The molecule has 4 rings (SSSR count). The first-order valence-corrected chi connectivity index (χ1v) is 13.0. The van der Waals surface area contributed by atoms with Gasteiger partial charge in [0.2, 0.25) is 11.9 Å². The molecule has 8 heteroatoms. The highest BCUT2D eigenvalue weighted by Gasteiger charge is 2.39. The van der Waals surface area contributed by atoms with Crippen molar-refractivity contribution >= 4 is 17.4 Å². The number of hydrogen-bond donors (Lipinski definition) is 3. The number of piperidine rings is 1. The number of rotatable bonds is 10. The fourth-order valence-corrected chi connectivity index (χ4v) is 5.16. The molecule has 194 valence electrons. The molecule has 2 atom stereocenters. The van der Waals surface area contributed by atoms with E-state index >= 15 is 0 Å². The van der Waals surface area contributed by atoms with Crippen LogP contribution in [0.4, 0.5) is 5.95 Å². The van der Waals surface area contributed by atoms with Crippen molar-refractivity contribution in [3.63, 3.8) is 0 Å². The minimum atomic E-state index is -0.934. The predicted molar refractivity (Wildman–Crippen MR) is 139 cm³/mol. The Labute approximate surface area is 213 Å². The summed E-state index contributed by atoms with van der Waals surface area (Å²) in [7, 11) is 0. The Bertz CT molecular complexity index is 1030. The average molecular weight is 495 g/mol. The van der Waals surface area contributed by atoms with Crippen LogP contribution >= 0.6 is 0 Å². The van der Waals surface area contributed by atoms with Crippen molar-refractivity contribution in [3.05, 3.63) is 53.9 Å². The number of allylic oxidation sites excluding steroid dienone is 2. The van der Waals surface area contributed by atoms with Gasteiger partial charge in [0, 0.05) is 25.5 Å². The van der Waals surface area contributed by atoms with Crippen LogP contribution in [-0.4, -0.2) is 58.5 Å². The number of aliphatic hydroxyl groups excluding tert-OH is 2. The molecule has 1 amide bonds. The molecule has 0 radical (unpaired) electrons. The van der Waals surface area contributed by atoms with Gasteiger partial charge in [-0.05, 0) is 79.7 Å². The molecular formula is C28H38N4O4. The van der Waals surface area contributed by atoms with Crippen LogP contribution in [0.25, 0.3) is 5.57 Å². The molecule has 1 aliphatic carbocycles. The molecule has 0 saturated carbocycles. The topological polar surface area (TPSA) is 122 Å². The number of amides is 1. The number of anilines is 1. The van der Waals surface area contributed by atoms with Crippen molar-refractivity contribution in [2.75, 3.05) is 31.2 Å². The van der Waals surface area contributed by atoms with Crippen molar-refractivity contribution < 1.29 is 19.7 Å². The molecule has 1 aromatic carbocycles. The normalized spacial score (nSPS) is 21.6. The van der Waals surface area contributed by atoms with Gasteiger partial charge in [0.1, 0.15) is 5.75 Å². The number of aromatic nitrogens is 2. The van der Waals surface area contributed by atoms with Gasteiger partial charge in [-0.25, -0.2) is 9.97 Å². The number of ether oxygens (including phenoxy) is 1. The molecule has 2 heterocycles. The summed E-state index contributed by atoms with van der Waals surface area (Å²) in [5, 5.41) is 19.0. The van der Waals surface area contributed by atoms with Crippen LogP contribution in [-0.2, 0) is 11.2 Å². The van der Waals surface area contributed by atoms with E-state index in [4.69, 9.17) is 10.5 Å². The van der Waals surface area contributed by atoms with Gasteiger partial charge in [-0.15, -0.1) is 0 Å². The number of nitrogens with zero attached hydrogens (tertiary/aromatic N) is 3. The molecule has 1 aliphatic heterocycles. The summed E-state index contributed by atoms with van der Waals surface area (Å²) in [6.07, 6.45) is 9.92. The van der Waals surface area contributed by atoms with Crippen LogP contribution in [0.3, 0.4) is 0 Å². The molecule has 0 bridgehead atoms. The Morgan fingerprint density at radius 1 is 1.22 bits per heavy atom. The van der Waals surface area contributed by atoms with Crippen LogP contribution in [0.5, 0.6) is 5.75 Å². The number of carbonyl (C=O) groups is 1. The first kappa shape index (κ1) is 26.1. The van der Waals surface area contributed by atoms with E-state index in [1.807, 2.05) is 30.6 Å². The molecule has 2 aromatic rings. The van der Waals surface area contributed by atoms with E-state index in [1.165, 1.54) is 5.57 Å². The van der Waals surface area contributed by atoms with Crippen LogP contribution < -0.4 is 15.4 Å². The maximum atomic E-state index is 12.1. The van der Waals surface area contributed by atoms with E-state index in [2.05, 4.69) is 33.9 Å². The zero-order valence-electron chi connectivity index (χ0n) is 21.1. The van der Waals surface area contributed by atoms with Gasteiger partial charge in [0.25, 0.3) is 0 Å². The molecule has 1 saturated heterocycles. The third-order valence-corrected chi connectivity index (χ3v) is 7.68. The minimum absolute atomic E-state index is 0.187. The van der Waals surface area contributed by atoms with Crippen LogP contribution in [0.1, 0.15) is 56.6 Å². The SMILES string of the molecule is CCc1cnc(N2CCC(COc3ccc(C4=CCC(C[C@@H](O)CO)(C(N)=O)CC4)cc3)CC2)nc1. The molecule has 0 spiro atoms. The number of hydrogen-bond acceptors (Lipinski definition) is 7. The summed E-state index contributed by atoms with van der Waals surface area (Å²) >= 11 is 0. The summed E-state index contributed by atoms with van der Waals surface area (Å²) in [6.45, 7) is 4.31. The zero-order valence-corrected chi connectivity index (χ0v) is 21.1. The highest BCUT2D eigenvalue weighted by Crippen LogP contribution is 2.42. The number of nitrogens with two attached hydrogens (primary N) is 1. The van der Waals surface area contributed by atoms with E-state index in [9.17, 15) is 15.0 Å². The largest absolute Gasteiger partial charge is 0.493 e. The second kappa shape index (κ2) is 11.8. The van der Waals surface area contributed by atoms with Gasteiger partial charge < -0.3 is 25.6 Å². The van der Waals surface area contributed by atoms with E-state index in [0.717, 1.165) is 55.2 Å². The molecule has 1 aromatic heterocycles. The molecule has 4 N–H and O–H groups in total. The highest BCUT2D eigenvalue weighted by molar-refractivity contribution is 5.83. The van der Waals surface area contributed by atoms with Crippen molar-refractivity contribution in [1.29, 1.82) is 0 Å². The maximum absolute atomic E-state index is 12.1. The highest BCUT2D eigenvalue weighted by atomic mass is 16.5. The Hall–Kier alpha value is -2.97. The van der Waals surface area contributed by atoms with Crippen molar-refractivity contribution in [3.8, 4) is 5.75 Å². The Balaban J connectivity index is 1.26. The standard InChI is InChI=1S/C28H38N4O4/c1-2-20-16-30-27(31-17-20)32-13-9-21(10-14-32)19-36-25-5-3-22(4-6-25)23-7-11-28(12-8-23,26(29)35)15-24(34)18-33/h3-7,16-17,21,24,33-34H,2,8-15,18-19H2,1H3,(H2,29,35)/t24-,28?/m1/s1. The first-order valence-electron chi connectivity index (χ1n) is 13.0. The number of carbonyl (C=O) groups excluding carboxylic acids is 1. The van der Waals surface area contributed by atoms with E-state index in [1.54, 1.807) is 0 Å². The number of aliphatic hydroxyl groups is 2. The quantitative estimate of drug-likeness (QED) is 0.464. The van der Waals surface area contributed by atoms with Gasteiger partial charge in [0.05, 0.1) is 24.7 Å². The second-order valence-electron chi connectivity index (χ2n) is 10.1. The molecule has 1 fully saturated rings. The third-order valence-electron chi connectivity index (χ3n) is 7.68. The minimum Gasteiger partial charge on any atom is -0.493 e. The average Bonchev–Trinajstić information content (AvgIpc) is 2.93. The maximum Gasteiger partial charge on any atom is 0.225 e. The molecule has 8 nitrogen and oxygen atoms in total. The van der Waals surface area contributed by atoms with Crippen molar-refractivity contribution in [2.24, 2.45) is 17.1 Å². The number of aryl methyl sites for hydroxylation is 1. The Morgan fingerprint density at radius 3 is 2.47 bits per heavy atom. The van der Waals surface area contributed by atoms with Gasteiger partial charge in [-0.2, -0.15) is 0 Å². The summed E-state index contributed by atoms with van der Waals surface area (Å²) in [5.74, 6) is 1.76. The molecule has 1 unspecified atom stereocenters. The monoisotopic (exact) mass is 494 g/mol. The molecule has 36 heavy (non-hydrogen) atoms. The Morgan fingerprint density at radius 2 is 1.92 bits per heavy atom. The predicted octanol–water partition coefficient (Wildman–Crippen LogP) is 3.12. The summed E-state index contributed by atoms with van der Waals surface area (Å²) in [5.41, 5.74) is 8.29. The van der Waals surface area contributed by atoms with E-state index in [0.29, 0.717) is 31.8 Å². The number of primary amides is 1. The first-order chi connectivity index (χ1) is 17.4. The van der Waals surface area contributed by atoms with Crippen LogP contribution in [0.15, 0.2) is 42.7 Å². The molecule has 2 aliphatic rings. The van der Waals surface area contributed by atoms with Crippen molar-refractivity contribution in [1.82, 2.24) is 9.97 Å². The van der Waals surface area contributed by atoms with Gasteiger partial charge in [-0.1, -0.05) is 25.1 Å². The smallest absolute Gasteiger partial charge is 0.225 e. The van der Waals surface area contributed by atoms with Gasteiger partial charge >= 0.3 is 0 Å². The lowest BCUT2D eigenvalue weighted by Gasteiger charge is -2.35. The summed E-state index contributed by atoms with van der Waals surface area (Å²) < 4.78 is 6.10. The fourth-order valence-electron chi connectivity index (χ4n) is 5.16. The van der Waals surface area contributed by atoms with Gasteiger partial charge in [0.15, 0.2) is 0 Å². The molecular weight excluding hydrogens is 456 g/mol. The third kappa shape index (κ3) is 6.23. The lowest BCUT2D eigenvalue weighted by atomic mass is 9.70. The number of benzene rings is 1. The van der Waals surface area contributed by atoms with Crippen molar-refractivity contribution in [2.45, 2.75) is 58.0 Å². The van der Waals surface area contributed by atoms with Crippen LogP contribution in [0.2, 0.25) is 0 Å². The lowest BCUT2D eigenvalue weighted by Crippen LogP contribution is -2.41. The van der Waals surface area contributed by atoms with Gasteiger partial charge in [-0.3, -0.25) is 4.79 Å². The fraction of sp³-hybridized carbons (Fsp3) is 0.536. The van der Waals surface area contributed by atoms with E-state index in [-0.39, 0.29) is 13.0 Å². The second-order valence-corrected chi connectivity index (χ2v) is 10.1. The lowest BCUT2D eigenvalue weighted by molar-refractivity contribution is -0.130.